The van der Waals surface area contributed by atoms with Crippen LogP contribution in [0.15, 0.2) is 18.2 Å². The smallest absolute Gasteiger partial charge is 0.126 e. The Morgan fingerprint density at radius 1 is 1.28 bits per heavy atom. The van der Waals surface area contributed by atoms with Crippen molar-refractivity contribution in [3.05, 3.63) is 29.0 Å². The highest BCUT2D eigenvalue weighted by Gasteiger charge is 2.24. The first-order chi connectivity index (χ1) is 8.54. The van der Waals surface area contributed by atoms with Crippen molar-refractivity contribution in [1.29, 1.82) is 0 Å². The average Bonchev–Trinajstić information content (AvgIpc) is 2.27. The van der Waals surface area contributed by atoms with Gasteiger partial charge in [0.05, 0.1) is 0 Å². The molecule has 2 atom stereocenters. The Morgan fingerprint density at radius 3 is 2.72 bits per heavy atom. The molecule has 0 amide bonds. The van der Waals surface area contributed by atoms with E-state index in [1.807, 2.05) is 0 Å². The predicted octanol–water partition coefficient (Wildman–Crippen LogP) is 5.11. The summed E-state index contributed by atoms with van der Waals surface area (Å²) in [6.45, 7) is 4.57. The van der Waals surface area contributed by atoms with Crippen LogP contribution in [0.1, 0.15) is 39.5 Å². The molecule has 1 aliphatic carbocycles. The van der Waals surface area contributed by atoms with Gasteiger partial charge in [0.15, 0.2) is 0 Å². The van der Waals surface area contributed by atoms with Crippen LogP contribution in [0.25, 0.3) is 0 Å². The van der Waals surface area contributed by atoms with Crippen molar-refractivity contribution in [2.45, 2.75) is 45.6 Å². The molecule has 2 rings (SSSR count). The lowest BCUT2D eigenvalue weighted by molar-refractivity contribution is 0.264. The molecule has 1 saturated carbocycles. The van der Waals surface area contributed by atoms with E-state index in [-0.39, 0.29) is 5.82 Å². The van der Waals surface area contributed by atoms with E-state index in [0.29, 0.717) is 11.1 Å². The van der Waals surface area contributed by atoms with Gasteiger partial charge in [0.2, 0.25) is 0 Å². The summed E-state index contributed by atoms with van der Waals surface area (Å²) in [6, 6.07) is 5.10. The highest BCUT2D eigenvalue weighted by atomic mass is 35.5. The molecule has 1 aromatic rings. The van der Waals surface area contributed by atoms with E-state index in [9.17, 15) is 4.39 Å². The van der Waals surface area contributed by atoms with Gasteiger partial charge < -0.3 is 5.32 Å². The van der Waals surface area contributed by atoms with Gasteiger partial charge in [0, 0.05) is 16.8 Å². The van der Waals surface area contributed by atoms with E-state index >= 15 is 0 Å². The second-order valence-electron chi connectivity index (χ2n) is 5.67. The molecule has 3 heteroatoms. The van der Waals surface area contributed by atoms with Crippen molar-refractivity contribution in [2.24, 2.45) is 11.8 Å². The lowest BCUT2D eigenvalue weighted by Crippen LogP contribution is -2.29. The van der Waals surface area contributed by atoms with Gasteiger partial charge in [-0.3, -0.25) is 0 Å². The summed E-state index contributed by atoms with van der Waals surface area (Å²) < 4.78 is 13.3. The van der Waals surface area contributed by atoms with Crippen molar-refractivity contribution >= 4 is 17.3 Å². The normalized spacial score (nSPS) is 24.3. The fourth-order valence-corrected chi connectivity index (χ4v) is 3.06. The summed E-state index contributed by atoms with van der Waals surface area (Å²) in [5.41, 5.74) is 0.800. The minimum atomic E-state index is -0.277. The molecule has 0 aliphatic heterocycles. The van der Waals surface area contributed by atoms with E-state index in [0.717, 1.165) is 23.9 Å². The Bertz CT molecular complexity index is 385. The second-order valence-corrected chi connectivity index (χ2v) is 6.11. The molecule has 18 heavy (non-hydrogen) atoms. The van der Waals surface area contributed by atoms with Crippen LogP contribution in [0.5, 0.6) is 0 Å². The first kappa shape index (κ1) is 13.7. The largest absolute Gasteiger partial charge is 0.382 e. The molecule has 1 nitrogen and oxygen atoms in total. The molecule has 0 radical (unpaired) electrons. The summed E-state index contributed by atoms with van der Waals surface area (Å²) >= 11 is 5.87. The zero-order valence-corrected chi connectivity index (χ0v) is 11.8. The minimum absolute atomic E-state index is 0.277. The molecule has 0 saturated heterocycles. The SMILES string of the molecule is CC(C)C1CCCC(Nc2cc(F)cc(Cl)c2)C1. The molecule has 0 spiro atoms. The third-order valence-electron chi connectivity index (χ3n) is 3.89. The molecule has 2 unspecified atom stereocenters. The van der Waals surface area contributed by atoms with Gasteiger partial charge in [-0.2, -0.15) is 0 Å². The van der Waals surface area contributed by atoms with Crippen molar-refractivity contribution in [1.82, 2.24) is 0 Å². The number of benzene rings is 1. The van der Waals surface area contributed by atoms with Crippen LogP contribution >= 0.6 is 11.6 Å². The molecule has 100 valence electrons. The molecule has 1 fully saturated rings. The van der Waals surface area contributed by atoms with Gasteiger partial charge in [-0.15, -0.1) is 0 Å². The van der Waals surface area contributed by atoms with Crippen LogP contribution in [0.4, 0.5) is 10.1 Å². The van der Waals surface area contributed by atoms with E-state index in [4.69, 9.17) is 11.6 Å². The van der Waals surface area contributed by atoms with Crippen LogP contribution in [0.2, 0.25) is 5.02 Å². The topological polar surface area (TPSA) is 12.0 Å². The van der Waals surface area contributed by atoms with Crippen LogP contribution in [0.3, 0.4) is 0 Å². The molecule has 1 aliphatic rings. The highest BCUT2D eigenvalue weighted by Crippen LogP contribution is 2.32. The molecule has 0 bridgehead atoms. The zero-order chi connectivity index (χ0) is 13.1. The maximum atomic E-state index is 13.3. The zero-order valence-electron chi connectivity index (χ0n) is 11.0. The van der Waals surface area contributed by atoms with Gasteiger partial charge in [-0.25, -0.2) is 4.39 Å². The summed E-state index contributed by atoms with van der Waals surface area (Å²) in [4.78, 5) is 0. The summed E-state index contributed by atoms with van der Waals surface area (Å²) in [5.74, 6) is 1.23. The van der Waals surface area contributed by atoms with Crippen LogP contribution in [-0.2, 0) is 0 Å². The number of hydrogen-bond donors (Lipinski definition) is 1. The Balaban J connectivity index is 2.00. The summed E-state index contributed by atoms with van der Waals surface area (Å²) in [7, 11) is 0. The van der Waals surface area contributed by atoms with Crippen molar-refractivity contribution in [3.63, 3.8) is 0 Å². The minimum Gasteiger partial charge on any atom is -0.382 e. The number of nitrogens with one attached hydrogen (secondary N) is 1. The third-order valence-corrected chi connectivity index (χ3v) is 4.11. The van der Waals surface area contributed by atoms with Crippen LogP contribution < -0.4 is 5.32 Å². The Morgan fingerprint density at radius 2 is 2.06 bits per heavy atom. The van der Waals surface area contributed by atoms with E-state index < -0.39 is 0 Å². The Hall–Kier alpha value is -0.760. The molecule has 0 aromatic heterocycles. The first-order valence-electron chi connectivity index (χ1n) is 6.77. The van der Waals surface area contributed by atoms with E-state index in [1.165, 1.54) is 31.4 Å². The third kappa shape index (κ3) is 3.61. The quantitative estimate of drug-likeness (QED) is 0.804. The predicted molar refractivity (Wildman–Crippen MR) is 75.6 cm³/mol. The fraction of sp³-hybridized carbons (Fsp3) is 0.600. The van der Waals surface area contributed by atoms with E-state index in [1.54, 1.807) is 6.07 Å². The fourth-order valence-electron chi connectivity index (χ4n) is 2.84. The van der Waals surface area contributed by atoms with Gasteiger partial charge in [0.1, 0.15) is 5.82 Å². The van der Waals surface area contributed by atoms with Crippen molar-refractivity contribution in [2.75, 3.05) is 5.32 Å². The number of hydrogen-bond acceptors (Lipinski definition) is 1. The highest BCUT2D eigenvalue weighted by molar-refractivity contribution is 6.30. The molecular weight excluding hydrogens is 249 g/mol. The standard InChI is InChI=1S/C15H21ClFN/c1-10(2)11-4-3-5-14(6-11)18-15-8-12(16)7-13(17)9-15/h7-11,14,18H,3-6H2,1-2H3. The van der Waals surface area contributed by atoms with Crippen molar-refractivity contribution < 1.29 is 4.39 Å². The summed E-state index contributed by atoms with van der Waals surface area (Å²) in [5, 5.41) is 3.88. The maximum absolute atomic E-state index is 13.3. The van der Waals surface area contributed by atoms with Gasteiger partial charge in [-0.05, 0) is 42.9 Å². The first-order valence-corrected chi connectivity index (χ1v) is 7.15. The van der Waals surface area contributed by atoms with Gasteiger partial charge in [-0.1, -0.05) is 38.3 Å². The molecule has 1 N–H and O–H groups in total. The lowest BCUT2D eigenvalue weighted by Gasteiger charge is -2.32. The average molecular weight is 270 g/mol. The van der Waals surface area contributed by atoms with Gasteiger partial charge >= 0.3 is 0 Å². The lowest BCUT2D eigenvalue weighted by atomic mass is 9.79. The molecular formula is C15H21ClFN. The van der Waals surface area contributed by atoms with Crippen LogP contribution in [-0.4, -0.2) is 6.04 Å². The van der Waals surface area contributed by atoms with Crippen LogP contribution in [0, 0.1) is 17.7 Å². The monoisotopic (exact) mass is 269 g/mol. The Labute approximate surface area is 114 Å². The molecule has 1 aromatic carbocycles. The van der Waals surface area contributed by atoms with Crippen molar-refractivity contribution in [3.8, 4) is 0 Å². The summed E-state index contributed by atoms with van der Waals surface area (Å²) in [6.07, 6.45) is 4.91. The number of halogens is 2. The number of rotatable bonds is 3. The Kier molecular flexibility index (Phi) is 4.50. The number of anilines is 1. The van der Waals surface area contributed by atoms with Gasteiger partial charge in [0.25, 0.3) is 0 Å². The van der Waals surface area contributed by atoms with E-state index in [2.05, 4.69) is 19.2 Å². The maximum Gasteiger partial charge on any atom is 0.126 e. The molecule has 0 heterocycles. The second kappa shape index (κ2) is 5.92.